The van der Waals surface area contributed by atoms with Gasteiger partial charge in [-0.05, 0) is 77.0 Å². The van der Waals surface area contributed by atoms with Crippen molar-refractivity contribution >= 4 is 17.9 Å². The summed E-state index contributed by atoms with van der Waals surface area (Å²) in [5.74, 6) is -2.39. The fourth-order valence-corrected chi connectivity index (χ4v) is 10.2. The second-order valence-electron chi connectivity index (χ2n) is 25.1. The highest BCUT2D eigenvalue weighted by molar-refractivity contribution is 5.70. The van der Waals surface area contributed by atoms with Crippen LogP contribution in [0.25, 0.3) is 0 Å². The number of unbranched alkanes of at least 4 members (excludes halogenated alkanes) is 37. The first kappa shape index (κ1) is 81.5. The van der Waals surface area contributed by atoms with Gasteiger partial charge in [-0.3, -0.25) is 9.59 Å². The molecule has 0 radical (unpaired) electrons. The average molecular weight is 1190 g/mol. The van der Waals surface area contributed by atoms with Gasteiger partial charge in [-0.1, -0.05) is 317 Å². The van der Waals surface area contributed by atoms with E-state index in [0.29, 0.717) is 17.4 Å². The lowest BCUT2D eigenvalue weighted by Gasteiger charge is -2.26. The third kappa shape index (κ3) is 67.8. The van der Waals surface area contributed by atoms with Crippen molar-refractivity contribution in [1.82, 2.24) is 0 Å². The Hall–Kier alpha value is -3.53. The maximum Gasteiger partial charge on any atom is 0.306 e. The number of carboxylic acids is 1. The number of hydrogen-bond donors (Lipinski definition) is 0. The predicted molar refractivity (Wildman–Crippen MR) is 361 cm³/mol. The minimum Gasteiger partial charge on any atom is -0.545 e. The quantitative estimate of drug-likeness (QED) is 0.0195. The Morgan fingerprint density at radius 1 is 0.365 bits per heavy atom. The van der Waals surface area contributed by atoms with E-state index in [1.165, 1.54) is 231 Å². The summed E-state index contributed by atoms with van der Waals surface area (Å²) in [4.78, 5) is 37.3. The lowest BCUT2D eigenvalue weighted by Crippen LogP contribution is -2.44. The molecule has 0 N–H and O–H groups in total. The number of carboxylic acid groups (broad SMARTS) is 1. The van der Waals surface area contributed by atoms with Crippen LogP contribution in [0, 0.1) is 0 Å². The molecule has 0 aromatic rings. The lowest BCUT2D eigenvalue weighted by atomic mass is 10.0. The fourth-order valence-electron chi connectivity index (χ4n) is 10.2. The number of nitrogens with zero attached hydrogens (tertiary/aromatic N) is 1. The van der Waals surface area contributed by atoms with Crippen LogP contribution in [-0.4, -0.2) is 82.3 Å². The third-order valence-electron chi connectivity index (χ3n) is 15.6. The van der Waals surface area contributed by atoms with E-state index >= 15 is 0 Å². The van der Waals surface area contributed by atoms with Crippen LogP contribution in [0.1, 0.15) is 322 Å². The van der Waals surface area contributed by atoms with Crippen LogP contribution in [0.5, 0.6) is 0 Å². The lowest BCUT2D eigenvalue weighted by molar-refractivity contribution is -0.870. The van der Waals surface area contributed by atoms with Gasteiger partial charge in [0.05, 0.1) is 40.3 Å². The number of ether oxygens (including phenoxy) is 4. The van der Waals surface area contributed by atoms with Crippen molar-refractivity contribution in [3.63, 3.8) is 0 Å². The summed E-state index contributed by atoms with van der Waals surface area (Å²) in [6.07, 6.45) is 87.3. The second-order valence-corrected chi connectivity index (χ2v) is 25.1. The molecule has 0 aromatic heterocycles. The molecule has 0 aromatic carbocycles. The van der Waals surface area contributed by atoms with Gasteiger partial charge in [0.25, 0.3) is 0 Å². The Labute approximate surface area is 525 Å². The van der Waals surface area contributed by atoms with Gasteiger partial charge in [0.15, 0.2) is 12.4 Å². The number of allylic oxidation sites excluding steroid dienone is 14. The largest absolute Gasteiger partial charge is 0.545 e. The first-order chi connectivity index (χ1) is 41.6. The van der Waals surface area contributed by atoms with E-state index in [2.05, 4.69) is 86.8 Å². The molecule has 2 atom stereocenters. The molecule has 0 aliphatic rings. The molecule has 0 spiro atoms. The fraction of sp³-hybridized carbons (Fsp3) is 0.776. The maximum absolute atomic E-state index is 12.8. The first-order valence-electron chi connectivity index (χ1n) is 35.7. The van der Waals surface area contributed by atoms with Crippen LogP contribution in [0.3, 0.4) is 0 Å². The summed E-state index contributed by atoms with van der Waals surface area (Å²) in [6.45, 7) is 4.57. The highest BCUT2D eigenvalue weighted by atomic mass is 16.7. The van der Waals surface area contributed by atoms with Crippen LogP contribution in [0.15, 0.2) is 85.1 Å². The minimum absolute atomic E-state index is 0.121. The molecule has 9 heteroatoms. The van der Waals surface area contributed by atoms with Crippen molar-refractivity contribution in [2.75, 3.05) is 47.5 Å². The van der Waals surface area contributed by atoms with Crippen LogP contribution in [0.2, 0.25) is 0 Å². The highest BCUT2D eigenvalue weighted by Crippen LogP contribution is 2.18. The number of rotatable bonds is 66. The van der Waals surface area contributed by atoms with Crippen molar-refractivity contribution in [2.45, 2.75) is 334 Å². The Bertz CT molecular complexity index is 1670. The van der Waals surface area contributed by atoms with Gasteiger partial charge in [-0.2, -0.15) is 0 Å². The van der Waals surface area contributed by atoms with Gasteiger partial charge >= 0.3 is 11.9 Å². The zero-order valence-corrected chi connectivity index (χ0v) is 56.2. The molecule has 0 aliphatic heterocycles. The van der Waals surface area contributed by atoms with Crippen molar-refractivity contribution in [3.8, 4) is 0 Å². The topological polar surface area (TPSA) is 111 Å². The third-order valence-corrected chi connectivity index (χ3v) is 15.6. The van der Waals surface area contributed by atoms with E-state index in [0.717, 1.165) is 57.8 Å². The molecule has 85 heavy (non-hydrogen) atoms. The van der Waals surface area contributed by atoms with E-state index < -0.39 is 24.3 Å². The van der Waals surface area contributed by atoms with Crippen molar-refractivity contribution in [2.24, 2.45) is 0 Å². The van der Waals surface area contributed by atoms with Gasteiger partial charge in [-0.25, -0.2) is 0 Å². The predicted octanol–water partition coefficient (Wildman–Crippen LogP) is 20.9. The van der Waals surface area contributed by atoms with Crippen molar-refractivity contribution in [1.29, 1.82) is 0 Å². The number of aliphatic carboxylic acids is 1. The van der Waals surface area contributed by atoms with Gasteiger partial charge in [0.1, 0.15) is 13.2 Å². The molecule has 0 fully saturated rings. The van der Waals surface area contributed by atoms with Crippen molar-refractivity contribution in [3.05, 3.63) is 85.1 Å². The molecule has 0 saturated carbocycles. The number of carbonyl (C=O) groups excluding carboxylic acids is 3. The Morgan fingerprint density at radius 2 is 0.694 bits per heavy atom. The molecule has 0 rings (SSSR count). The van der Waals surface area contributed by atoms with Gasteiger partial charge < -0.3 is 33.3 Å². The molecule has 0 saturated heterocycles. The van der Waals surface area contributed by atoms with E-state index in [1.54, 1.807) is 0 Å². The zero-order chi connectivity index (χ0) is 61.9. The number of carbonyl (C=O) groups is 3. The molecule has 0 aliphatic carbocycles. The molecule has 0 bridgehead atoms. The van der Waals surface area contributed by atoms with Gasteiger partial charge in [-0.15, -0.1) is 0 Å². The van der Waals surface area contributed by atoms with Crippen molar-refractivity contribution < 1.29 is 42.9 Å². The second kappa shape index (κ2) is 66.4. The monoisotopic (exact) mass is 1190 g/mol. The van der Waals surface area contributed by atoms with Crippen LogP contribution < -0.4 is 5.11 Å². The highest BCUT2D eigenvalue weighted by Gasteiger charge is 2.22. The number of esters is 2. The number of hydrogen-bond acceptors (Lipinski definition) is 8. The first-order valence-corrected chi connectivity index (χ1v) is 35.7. The summed E-state index contributed by atoms with van der Waals surface area (Å²) in [7, 11) is 5.90. The normalized spacial score (nSPS) is 13.2. The molecule has 9 nitrogen and oxygen atoms in total. The SMILES string of the molecule is CC/C=C\C/C=C\C/C=C\C/C=C\C/C=C\C/C=C\CCC(=O)OC(COC(=O)CCCCCCCCCCCCCCCCCCCCCCCCCCCCCCC/C=C\CCCCCCCCCC)COC(OCC[N+](C)(C)C)C(=O)[O-]. The zero-order valence-electron chi connectivity index (χ0n) is 56.2. The minimum atomic E-state index is -1.64. The van der Waals surface area contributed by atoms with E-state index in [9.17, 15) is 19.5 Å². The summed E-state index contributed by atoms with van der Waals surface area (Å²) < 4.78 is 22.6. The van der Waals surface area contributed by atoms with Gasteiger partial charge in [0.2, 0.25) is 0 Å². The Morgan fingerprint density at radius 3 is 1.05 bits per heavy atom. The molecule has 2 unspecified atom stereocenters. The molecular weight excluding hydrogens is 1050 g/mol. The summed E-state index contributed by atoms with van der Waals surface area (Å²) in [6, 6.07) is 0. The Balaban J connectivity index is 3.98. The maximum atomic E-state index is 12.8. The standard InChI is InChI=1S/C76H135NO8/c1-6-8-10-12-14-16-18-20-22-24-26-27-28-29-30-31-32-33-34-35-36-37-38-39-40-41-42-43-44-45-46-47-49-50-52-54-56-58-60-62-64-66-73(78)83-70-72(71-84-76(75(80)81)82-69-68-77(3,4)5)85-74(79)67-65-63-61-59-57-55-53-51-48-25-23-21-19-17-15-13-11-9-7-2/h9,11,15,17,21,23-24,26,48,51,55,57,61,63,72,76H,6-8,10,12-14,16,18-20,22,25,27-47,49-50,52-54,56,58-60,62,64-71H2,1-5H3/b11-9-,17-15-,23-21-,26-24-,51-48-,57-55-,63-61-. The van der Waals surface area contributed by atoms with Gasteiger partial charge in [0, 0.05) is 12.8 Å². The Kier molecular flexibility index (Phi) is 63.7. The molecular formula is C76H135NO8. The van der Waals surface area contributed by atoms with Crippen LogP contribution in [-0.2, 0) is 33.3 Å². The molecule has 0 amide bonds. The van der Waals surface area contributed by atoms with E-state index in [-0.39, 0.29) is 38.6 Å². The van der Waals surface area contributed by atoms with E-state index in [4.69, 9.17) is 18.9 Å². The van der Waals surface area contributed by atoms with E-state index in [1.807, 2.05) is 33.3 Å². The van der Waals surface area contributed by atoms with Crippen LogP contribution >= 0.6 is 0 Å². The number of quaternary nitrogens is 1. The summed E-state index contributed by atoms with van der Waals surface area (Å²) in [5, 5.41) is 11.8. The smallest absolute Gasteiger partial charge is 0.306 e. The number of likely N-dealkylation sites (N-methyl/N-ethyl adjacent to an activating group) is 1. The summed E-state index contributed by atoms with van der Waals surface area (Å²) >= 11 is 0. The van der Waals surface area contributed by atoms with Crippen LogP contribution in [0.4, 0.5) is 0 Å². The molecule has 0 heterocycles. The average Bonchev–Trinajstić information content (AvgIpc) is 3.48. The molecule has 492 valence electrons. The summed E-state index contributed by atoms with van der Waals surface area (Å²) in [5.41, 5.74) is 0.